The molecule has 2 heterocycles. The molecule has 0 fully saturated rings. The fourth-order valence-electron chi connectivity index (χ4n) is 2.43. The second-order valence-corrected chi connectivity index (χ2v) is 4.37. The lowest BCUT2D eigenvalue weighted by Gasteiger charge is -1.96. The van der Waals surface area contributed by atoms with Gasteiger partial charge >= 0.3 is 0 Å². The van der Waals surface area contributed by atoms with Gasteiger partial charge < -0.3 is 4.98 Å². The van der Waals surface area contributed by atoms with Crippen molar-refractivity contribution in [3.8, 4) is 11.4 Å². The van der Waals surface area contributed by atoms with E-state index in [1.807, 2.05) is 30.5 Å². The number of nitrogens with zero attached hydrogens (tertiary/aromatic N) is 1. The van der Waals surface area contributed by atoms with Crippen molar-refractivity contribution >= 4 is 21.7 Å². The lowest BCUT2D eigenvalue weighted by molar-refractivity contribution is 1.12. The number of benzene rings is 2. The molecule has 2 N–H and O–H groups in total. The molecule has 4 rings (SSSR count). The van der Waals surface area contributed by atoms with Crippen LogP contribution in [0.1, 0.15) is 0 Å². The highest BCUT2D eigenvalue weighted by Gasteiger charge is 2.11. The second kappa shape index (κ2) is 3.47. The van der Waals surface area contributed by atoms with Gasteiger partial charge in [0.25, 0.3) is 0 Å². The Morgan fingerprint density at radius 2 is 1.61 bits per heavy atom. The smallest absolute Gasteiger partial charge is 0.117 e. The third kappa shape index (κ3) is 1.21. The lowest BCUT2D eigenvalue weighted by atomic mass is 10.1. The average Bonchev–Trinajstić information content (AvgIpc) is 3.01. The number of rotatable bonds is 1. The van der Waals surface area contributed by atoms with Gasteiger partial charge in [0.2, 0.25) is 0 Å². The van der Waals surface area contributed by atoms with E-state index in [-0.39, 0.29) is 0 Å². The first-order valence-electron chi connectivity index (χ1n) is 5.93. The molecule has 0 aliphatic rings. The van der Waals surface area contributed by atoms with Crippen molar-refractivity contribution in [3.05, 3.63) is 54.7 Å². The Morgan fingerprint density at radius 1 is 0.833 bits per heavy atom. The van der Waals surface area contributed by atoms with Crippen molar-refractivity contribution in [3.63, 3.8) is 0 Å². The van der Waals surface area contributed by atoms with Gasteiger partial charge in [-0.2, -0.15) is 5.10 Å². The van der Waals surface area contributed by atoms with E-state index in [1.54, 1.807) is 0 Å². The Morgan fingerprint density at radius 3 is 2.56 bits per heavy atom. The van der Waals surface area contributed by atoms with E-state index in [4.69, 9.17) is 0 Å². The quantitative estimate of drug-likeness (QED) is 0.517. The number of H-pyrrole nitrogens is 2. The van der Waals surface area contributed by atoms with Crippen LogP contribution in [0.5, 0.6) is 0 Å². The van der Waals surface area contributed by atoms with Gasteiger partial charge in [-0.05, 0) is 11.5 Å². The van der Waals surface area contributed by atoms with Gasteiger partial charge in [-0.25, -0.2) is 0 Å². The van der Waals surface area contributed by atoms with Crippen molar-refractivity contribution < 1.29 is 0 Å². The maximum Gasteiger partial charge on any atom is 0.117 e. The van der Waals surface area contributed by atoms with E-state index in [0.29, 0.717) is 0 Å². The summed E-state index contributed by atoms with van der Waals surface area (Å²) in [5, 5.41) is 11.1. The molecule has 0 saturated heterocycles. The maximum absolute atomic E-state index is 4.43. The number of aromatic nitrogens is 3. The van der Waals surface area contributed by atoms with Crippen molar-refractivity contribution in [2.24, 2.45) is 0 Å². The standard InChI is InChI=1S/C15H11N3/c1-2-6-11-10(5-1)9-16-14(11)15-12-7-3-4-8-13(12)17-18-15/h1-9,16H,(H,17,18). The zero-order valence-electron chi connectivity index (χ0n) is 9.64. The van der Waals surface area contributed by atoms with Crippen LogP contribution >= 0.6 is 0 Å². The lowest BCUT2D eigenvalue weighted by Crippen LogP contribution is -1.79. The summed E-state index contributed by atoms with van der Waals surface area (Å²) in [6.45, 7) is 0. The predicted molar refractivity (Wildman–Crippen MR) is 73.4 cm³/mol. The topological polar surface area (TPSA) is 44.5 Å². The van der Waals surface area contributed by atoms with Crippen LogP contribution in [0.15, 0.2) is 54.7 Å². The van der Waals surface area contributed by atoms with Crippen molar-refractivity contribution in [2.75, 3.05) is 0 Å². The molecule has 0 saturated carbocycles. The van der Waals surface area contributed by atoms with Gasteiger partial charge in [-0.1, -0.05) is 42.5 Å². The van der Waals surface area contributed by atoms with E-state index >= 15 is 0 Å². The second-order valence-electron chi connectivity index (χ2n) is 4.37. The Kier molecular flexibility index (Phi) is 1.83. The third-order valence-corrected chi connectivity index (χ3v) is 3.31. The highest BCUT2D eigenvalue weighted by Crippen LogP contribution is 2.30. The minimum Gasteiger partial charge on any atom is -0.359 e. The summed E-state index contributed by atoms with van der Waals surface area (Å²) in [5.74, 6) is 0. The molecule has 86 valence electrons. The molecule has 0 aliphatic carbocycles. The summed E-state index contributed by atoms with van der Waals surface area (Å²) < 4.78 is 0. The van der Waals surface area contributed by atoms with Crippen LogP contribution in [0.4, 0.5) is 0 Å². The van der Waals surface area contributed by atoms with Crippen LogP contribution in [0.2, 0.25) is 0 Å². The van der Waals surface area contributed by atoms with Crippen molar-refractivity contribution in [1.29, 1.82) is 0 Å². The number of hydrogen-bond donors (Lipinski definition) is 2. The van der Waals surface area contributed by atoms with Crippen LogP contribution in [-0.2, 0) is 0 Å². The molecule has 0 unspecified atom stereocenters. The number of nitrogens with one attached hydrogen (secondary N) is 2. The largest absolute Gasteiger partial charge is 0.359 e. The molecule has 2 aromatic carbocycles. The van der Waals surface area contributed by atoms with Crippen molar-refractivity contribution in [1.82, 2.24) is 15.2 Å². The number of fused-ring (bicyclic) bond motifs is 2. The Bertz CT molecular complexity index is 767. The van der Waals surface area contributed by atoms with E-state index in [9.17, 15) is 0 Å². The maximum atomic E-state index is 4.43. The monoisotopic (exact) mass is 233 g/mol. The molecular formula is C15H11N3. The van der Waals surface area contributed by atoms with Gasteiger partial charge in [0, 0.05) is 17.0 Å². The average molecular weight is 233 g/mol. The zero-order chi connectivity index (χ0) is 11.9. The highest BCUT2D eigenvalue weighted by molar-refractivity contribution is 6.02. The van der Waals surface area contributed by atoms with E-state index in [0.717, 1.165) is 22.3 Å². The van der Waals surface area contributed by atoms with Crippen LogP contribution in [0.25, 0.3) is 33.1 Å². The van der Waals surface area contributed by atoms with Gasteiger partial charge in [0.15, 0.2) is 0 Å². The van der Waals surface area contributed by atoms with E-state index in [2.05, 4.69) is 39.4 Å². The summed E-state index contributed by atoms with van der Waals surface area (Å²) in [6.07, 6.45) is 2.02. The van der Waals surface area contributed by atoms with Crippen LogP contribution in [0, 0.1) is 0 Å². The first-order chi connectivity index (χ1) is 8.93. The van der Waals surface area contributed by atoms with Crippen LogP contribution in [0.3, 0.4) is 0 Å². The SMILES string of the molecule is c1ccc2c(-c3n[nH]c4ccccc34)[nH]cc2c1. The first-order valence-corrected chi connectivity index (χ1v) is 5.93. The van der Waals surface area contributed by atoms with Gasteiger partial charge in [0.05, 0.1) is 11.2 Å². The molecule has 0 radical (unpaired) electrons. The Labute approximate surface area is 103 Å². The molecule has 0 spiro atoms. The molecule has 0 bridgehead atoms. The Hall–Kier alpha value is -2.55. The zero-order valence-corrected chi connectivity index (χ0v) is 9.64. The molecule has 0 aliphatic heterocycles. The van der Waals surface area contributed by atoms with Gasteiger partial charge in [-0.3, -0.25) is 5.10 Å². The normalized spacial score (nSPS) is 11.3. The predicted octanol–water partition coefficient (Wildman–Crippen LogP) is 3.71. The first kappa shape index (κ1) is 9.48. The summed E-state index contributed by atoms with van der Waals surface area (Å²) >= 11 is 0. The van der Waals surface area contributed by atoms with Crippen molar-refractivity contribution in [2.45, 2.75) is 0 Å². The number of para-hydroxylation sites is 1. The molecule has 4 aromatic rings. The molecule has 2 aromatic heterocycles. The summed E-state index contributed by atoms with van der Waals surface area (Å²) in [6, 6.07) is 16.5. The summed E-state index contributed by atoms with van der Waals surface area (Å²) in [7, 11) is 0. The van der Waals surface area contributed by atoms with E-state index < -0.39 is 0 Å². The molecule has 3 heteroatoms. The van der Waals surface area contributed by atoms with Gasteiger partial charge in [0.1, 0.15) is 5.69 Å². The van der Waals surface area contributed by atoms with Crippen LogP contribution < -0.4 is 0 Å². The minimum atomic E-state index is 0.979. The molecule has 3 nitrogen and oxygen atoms in total. The number of aromatic amines is 2. The Balaban J connectivity index is 2.08. The fourth-order valence-corrected chi connectivity index (χ4v) is 2.43. The van der Waals surface area contributed by atoms with Crippen LogP contribution in [-0.4, -0.2) is 15.2 Å². The molecular weight excluding hydrogens is 222 g/mol. The summed E-state index contributed by atoms with van der Waals surface area (Å²) in [5.41, 5.74) is 3.11. The number of hydrogen-bond acceptors (Lipinski definition) is 1. The third-order valence-electron chi connectivity index (χ3n) is 3.31. The molecule has 0 amide bonds. The highest BCUT2D eigenvalue weighted by atomic mass is 15.1. The molecule has 18 heavy (non-hydrogen) atoms. The minimum absolute atomic E-state index is 0.979. The summed E-state index contributed by atoms with van der Waals surface area (Å²) in [4.78, 5) is 3.33. The molecule has 0 atom stereocenters. The fraction of sp³-hybridized carbons (Fsp3) is 0. The van der Waals surface area contributed by atoms with Gasteiger partial charge in [-0.15, -0.1) is 0 Å². The van der Waals surface area contributed by atoms with E-state index in [1.165, 1.54) is 10.8 Å².